The van der Waals surface area contributed by atoms with Crippen molar-refractivity contribution >= 4 is 5.97 Å². The quantitative estimate of drug-likeness (QED) is 0.757. The molecule has 2 fully saturated rings. The van der Waals surface area contributed by atoms with Crippen molar-refractivity contribution in [2.45, 2.75) is 71.7 Å². The Bertz CT molecular complexity index is 675. The van der Waals surface area contributed by atoms with E-state index in [9.17, 15) is 15.0 Å². The summed E-state index contributed by atoms with van der Waals surface area (Å²) in [5, 5.41) is 20.7. The average molecular weight is 332 g/mol. The van der Waals surface area contributed by atoms with Crippen molar-refractivity contribution in [3.8, 4) is 0 Å². The Morgan fingerprint density at radius 3 is 2.62 bits per heavy atom. The van der Waals surface area contributed by atoms with Crippen LogP contribution in [0.5, 0.6) is 0 Å². The van der Waals surface area contributed by atoms with Gasteiger partial charge in [-0.3, -0.25) is 0 Å². The van der Waals surface area contributed by atoms with E-state index in [2.05, 4.69) is 27.7 Å². The van der Waals surface area contributed by atoms with Crippen LogP contribution in [-0.4, -0.2) is 28.1 Å². The third kappa shape index (κ3) is 1.84. The molecule has 0 radical (unpaired) electrons. The standard InChI is InChI=1S/C20H28O4/c1-11(2)12-5-6-18(3)7-8-19(4)14(16(12)18)9-15-13(17(21)22)10-20(19,23)24-15/h10-11,14-15,23H,5-9H2,1-4H3,(H,21,22)/t14-,15-,18-,19-,20-/m1/s1. The second-order valence-corrected chi connectivity index (χ2v) is 9.07. The summed E-state index contributed by atoms with van der Waals surface area (Å²) in [4.78, 5) is 11.6. The highest BCUT2D eigenvalue weighted by atomic mass is 16.6. The lowest BCUT2D eigenvalue weighted by atomic mass is 9.52. The van der Waals surface area contributed by atoms with Gasteiger partial charge in [-0.15, -0.1) is 0 Å². The number of rotatable bonds is 2. The molecule has 5 atom stereocenters. The van der Waals surface area contributed by atoms with Crippen LogP contribution in [0.15, 0.2) is 22.8 Å². The predicted molar refractivity (Wildman–Crippen MR) is 90.2 cm³/mol. The van der Waals surface area contributed by atoms with Crippen LogP contribution >= 0.6 is 0 Å². The van der Waals surface area contributed by atoms with E-state index in [0.29, 0.717) is 12.3 Å². The first-order chi connectivity index (χ1) is 11.1. The summed E-state index contributed by atoms with van der Waals surface area (Å²) >= 11 is 0. The van der Waals surface area contributed by atoms with Gasteiger partial charge in [-0.2, -0.15) is 0 Å². The molecule has 2 N–H and O–H groups in total. The van der Waals surface area contributed by atoms with E-state index in [0.717, 1.165) is 19.3 Å². The minimum atomic E-state index is -1.45. The number of ether oxygens (including phenoxy) is 1. The van der Waals surface area contributed by atoms with Crippen molar-refractivity contribution in [1.82, 2.24) is 0 Å². The summed E-state index contributed by atoms with van der Waals surface area (Å²) in [6.07, 6.45) is 5.92. The number of hydrogen-bond acceptors (Lipinski definition) is 3. The Balaban J connectivity index is 1.86. The number of carbonyl (C=O) groups is 1. The topological polar surface area (TPSA) is 66.8 Å². The van der Waals surface area contributed by atoms with Crippen molar-refractivity contribution in [3.05, 3.63) is 22.8 Å². The molecule has 2 aliphatic carbocycles. The van der Waals surface area contributed by atoms with Crippen LogP contribution in [0.4, 0.5) is 0 Å². The molecule has 0 aromatic heterocycles. The third-order valence-corrected chi connectivity index (χ3v) is 7.49. The van der Waals surface area contributed by atoms with Crippen LogP contribution in [0.25, 0.3) is 0 Å². The first-order valence-corrected chi connectivity index (χ1v) is 9.21. The van der Waals surface area contributed by atoms with Gasteiger partial charge in [0.15, 0.2) is 5.79 Å². The zero-order valence-corrected chi connectivity index (χ0v) is 15.1. The molecule has 4 rings (SSSR count). The Morgan fingerprint density at radius 2 is 2.00 bits per heavy atom. The van der Waals surface area contributed by atoms with Crippen molar-refractivity contribution in [2.24, 2.45) is 22.7 Å². The monoisotopic (exact) mass is 332 g/mol. The van der Waals surface area contributed by atoms with Crippen molar-refractivity contribution in [2.75, 3.05) is 0 Å². The Morgan fingerprint density at radius 1 is 1.29 bits per heavy atom. The number of hydrogen-bond donors (Lipinski definition) is 2. The van der Waals surface area contributed by atoms with Crippen molar-refractivity contribution < 1.29 is 19.7 Å². The summed E-state index contributed by atoms with van der Waals surface area (Å²) in [6, 6.07) is 0. The minimum Gasteiger partial charge on any atom is -0.478 e. The normalized spacial score (nSPS) is 46.8. The Hall–Kier alpha value is -1.13. The highest BCUT2D eigenvalue weighted by Gasteiger charge is 2.66. The number of carboxylic acid groups (broad SMARTS) is 1. The number of aliphatic carboxylic acids is 1. The molecule has 0 aromatic rings. The summed E-state index contributed by atoms with van der Waals surface area (Å²) in [7, 11) is 0. The van der Waals surface area contributed by atoms with E-state index < -0.39 is 23.3 Å². The summed E-state index contributed by atoms with van der Waals surface area (Å²) in [5.41, 5.74) is 3.05. The van der Waals surface area contributed by atoms with Gasteiger partial charge in [-0.1, -0.05) is 38.8 Å². The van der Waals surface area contributed by atoms with Gasteiger partial charge in [-0.25, -0.2) is 4.79 Å². The van der Waals surface area contributed by atoms with Crippen molar-refractivity contribution in [3.63, 3.8) is 0 Å². The highest BCUT2D eigenvalue weighted by molar-refractivity contribution is 5.88. The second kappa shape index (κ2) is 4.73. The maximum atomic E-state index is 11.6. The first-order valence-electron chi connectivity index (χ1n) is 9.21. The summed E-state index contributed by atoms with van der Waals surface area (Å²) < 4.78 is 5.87. The molecule has 4 aliphatic rings. The molecule has 0 aromatic carbocycles. The lowest BCUT2D eigenvalue weighted by molar-refractivity contribution is -0.288. The van der Waals surface area contributed by atoms with Gasteiger partial charge in [0.1, 0.15) is 0 Å². The van der Waals surface area contributed by atoms with Crippen LogP contribution < -0.4 is 0 Å². The molecule has 2 aliphatic heterocycles. The minimum absolute atomic E-state index is 0.202. The zero-order chi connectivity index (χ0) is 17.5. The second-order valence-electron chi connectivity index (χ2n) is 9.07. The first kappa shape index (κ1) is 16.3. The van der Waals surface area contributed by atoms with E-state index in [4.69, 9.17) is 4.74 Å². The van der Waals surface area contributed by atoms with Crippen LogP contribution in [0, 0.1) is 22.7 Å². The van der Waals surface area contributed by atoms with E-state index >= 15 is 0 Å². The molecule has 24 heavy (non-hydrogen) atoms. The SMILES string of the molecule is CC(C)C1=C2[C@H]3C[C@H]4O[C@](O)(C=C4C(=O)O)[C@]3(C)CC[C@@]2(C)CC1. The zero-order valence-electron chi connectivity index (χ0n) is 15.1. The van der Waals surface area contributed by atoms with Crippen molar-refractivity contribution in [1.29, 1.82) is 0 Å². The fourth-order valence-corrected chi connectivity index (χ4v) is 5.91. The molecule has 1 saturated heterocycles. The van der Waals surface area contributed by atoms with Gasteiger partial charge in [0.25, 0.3) is 0 Å². The van der Waals surface area contributed by atoms with Gasteiger partial charge in [0, 0.05) is 5.41 Å². The smallest absolute Gasteiger partial charge is 0.334 e. The lowest BCUT2D eigenvalue weighted by Crippen LogP contribution is -2.58. The molecular formula is C20H28O4. The third-order valence-electron chi connectivity index (χ3n) is 7.49. The Labute approximate surface area is 143 Å². The fourth-order valence-electron chi connectivity index (χ4n) is 5.91. The number of fused-ring (bicyclic) bond motifs is 6. The number of carboxylic acids is 1. The summed E-state index contributed by atoms with van der Waals surface area (Å²) in [6.45, 7) is 8.97. The molecular weight excluding hydrogens is 304 g/mol. The molecule has 1 saturated carbocycles. The van der Waals surface area contributed by atoms with E-state index in [1.165, 1.54) is 23.6 Å². The molecule has 132 valence electrons. The number of aliphatic hydroxyl groups is 1. The van der Waals surface area contributed by atoms with Crippen LogP contribution in [0.3, 0.4) is 0 Å². The van der Waals surface area contributed by atoms with Crippen LogP contribution in [-0.2, 0) is 9.53 Å². The van der Waals surface area contributed by atoms with E-state index in [-0.39, 0.29) is 16.9 Å². The predicted octanol–water partition coefficient (Wildman–Crippen LogP) is 3.66. The largest absolute Gasteiger partial charge is 0.478 e. The molecule has 2 heterocycles. The maximum absolute atomic E-state index is 11.6. The van der Waals surface area contributed by atoms with Gasteiger partial charge < -0.3 is 14.9 Å². The van der Waals surface area contributed by atoms with Gasteiger partial charge >= 0.3 is 5.97 Å². The maximum Gasteiger partial charge on any atom is 0.334 e. The van der Waals surface area contributed by atoms with Gasteiger partial charge in [-0.05, 0) is 55.4 Å². The number of allylic oxidation sites excluding steroid dienone is 2. The highest BCUT2D eigenvalue weighted by Crippen LogP contribution is 2.67. The average Bonchev–Trinajstić information content (AvgIpc) is 2.99. The molecule has 0 unspecified atom stereocenters. The summed E-state index contributed by atoms with van der Waals surface area (Å²) in [5.74, 6) is -1.71. The molecule has 4 nitrogen and oxygen atoms in total. The molecule has 0 amide bonds. The van der Waals surface area contributed by atoms with Gasteiger partial charge in [0.2, 0.25) is 0 Å². The molecule has 4 heteroatoms. The van der Waals surface area contributed by atoms with Crippen LogP contribution in [0.2, 0.25) is 0 Å². The van der Waals surface area contributed by atoms with Crippen LogP contribution in [0.1, 0.15) is 59.8 Å². The molecule has 0 spiro atoms. The van der Waals surface area contributed by atoms with E-state index in [1.807, 2.05) is 0 Å². The Kier molecular flexibility index (Phi) is 3.22. The molecule has 2 bridgehead atoms. The lowest BCUT2D eigenvalue weighted by Gasteiger charge is -2.57. The van der Waals surface area contributed by atoms with E-state index in [1.54, 1.807) is 0 Å². The van der Waals surface area contributed by atoms with Gasteiger partial charge in [0.05, 0.1) is 11.7 Å². The fraction of sp³-hybridized carbons (Fsp3) is 0.750.